The molecule has 1 heterocycles. The summed E-state index contributed by atoms with van der Waals surface area (Å²) >= 11 is 0. The van der Waals surface area contributed by atoms with Gasteiger partial charge >= 0.3 is 0 Å². The summed E-state index contributed by atoms with van der Waals surface area (Å²) in [4.78, 5) is 15.0. The van der Waals surface area contributed by atoms with Crippen LogP contribution >= 0.6 is 0 Å². The van der Waals surface area contributed by atoms with Gasteiger partial charge in [0.1, 0.15) is 0 Å². The van der Waals surface area contributed by atoms with E-state index >= 15 is 0 Å². The van der Waals surface area contributed by atoms with Gasteiger partial charge in [-0.1, -0.05) is 6.07 Å². The molecule has 0 radical (unpaired) electrons. The highest BCUT2D eigenvalue weighted by Crippen LogP contribution is 2.10. The molecule has 0 unspecified atom stereocenters. The smallest absolute Gasteiger partial charge is 0.178 e. The zero-order chi connectivity index (χ0) is 7.68. The lowest BCUT2D eigenvalue weighted by molar-refractivity contribution is 1.11. The van der Waals surface area contributed by atoms with E-state index in [4.69, 9.17) is 0 Å². The summed E-state index contributed by atoms with van der Waals surface area (Å²) in [7, 11) is 0. The first-order valence-corrected chi connectivity index (χ1v) is 3.49. The van der Waals surface area contributed by atoms with Crippen LogP contribution in [-0.4, -0.2) is 6.21 Å². The number of nitrogens with zero attached hydrogens (tertiary/aromatic N) is 1. The van der Waals surface area contributed by atoms with Crippen molar-refractivity contribution in [3.05, 3.63) is 45.6 Å². The Bertz CT molecular complexity index is 368. The number of aliphatic imine (C=N–C) groups is 1. The van der Waals surface area contributed by atoms with E-state index in [9.17, 15) is 4.79 Å². The van der Waals surface area contributed by atoms with Crippen molar-refractivity contribution >= 4 is 6.21 Å². The first-order valence-electron chi connectivity index (χ1n) is 3.49. The van der Waals surface area contributed by atoms with Gasteiger partial charge in [-0.05, 0) is 29.3 Å². The summed E-state index contributed by atoms with van der Waals surface area (Å²) in [5.74, 6) is 0. The molecule has 0 atom stereocenters. The standard InChI is InChI=1S/C9H7NO/c11-9-3-1-7-5-10-6-8(7)2-4-9/h1-5H,6H2. The van der Waals surface area contributed by atoms with Crippen molar-refractivity contribution in [2.24, 2.45) is 4.99 Å². The van der Waals surface area contributed by atoms with Crippen LogP contribution in [0.25, 0.3) is 0 Å². The second kappa shape index (κ2) is 2.31. The fraction of sp³-hybridized carbons (Fsp3) is 0.111. The van der Waals surface area contributed by atoms with Crippen molar-refractivity contribution in [2.75, 3.05) is 0 Å². The number of hydrogen-bond donors (Lipinski definition) is 0. The van der Waals surface area contributed by atoms with Crippen molar-refractivity contribution in [2.45, 2.75) is 6.54 Å². The lowest BCUT2D eigenvalue weighted by Crippen LogP contribution is -1.88. The summed E-state index contributed by atoms with van der Waals surface area (Å²) in [6.07, 6.45) is 1.80. The first kappa shape index (κ1) is 6.28. The highest BCUT2D eigenvalue weighted by molar-refractivity contribution is 5.83. The third-order valence-electron chi connectivity index (χ3n) is 1.74. The fourth-order valence-electron chi connectivity index (χ4n) is 1.13. The maximum atomic E-state index is 10.9. The van der Waals surface area contributed by atoms with Crippen molar-refractivity contribution in [3.8, 4) is 0 Å². The number of rotatable bonds is 0. The molecule has 1 aromatic carbocycles. The second-order valence-corrected chi connectivity index (χ2v) is 2.52. The molecule has 2 nitrogen and oxygen atoms in total. The predicted molar refractivity (Wildman–Crippen MR) is 44.0 cm³/mol. The van der Waals surface area contributed by atoms with E-state index in [0.717, 1.165) is 11.1 Å². The van der Waals surface area contributed by atoms with E-state index in [1.165, 1.54) is 0 Å². The molecule has 1 aliphatic heterocycles. The van der Waals surface area contributed by atoms with Crippen molar-refractivity contribution in [3.63, 3.8) is 0 Å². The van der Waals surface area contributed by atoms with Crippen LogP contribution in [0, 0.1) is 0 Å². The molecular formula is C9H7NO. The summed E-state index contributed by atoms with van der Waals surface area (Å²) < 4.78 is 0. The molecule has 0 saturated heterocycles. The minimum atomic E-state index is 0.0489. The molecule has 11 heavy (non-hydrogen) atoms. The molecule has 2 rings (SSSR count). The number of fused-ring (bicyclic) bond motifs is 1. The molecule has 0 spiro atoms. The van der Waals surface area contributed by atoms with Gasteiger partial charge in [-0.15, -0.1) is 0 Å². The maximum Gasteiger partial charge on any atom is 0.178 e. The van der Waals surface area contributed by atoms with Crippen LogP contribution in [0.15, 0.2) is 34.1 Å². The number of hydrogen-bond acceptors (Lipinski definition) is 2. The lowest BCUT2D eigenvalue weighted by Gasteiger charge is -1.84. The lowest BCUT2D eigenvalue weighted by atomic mass is 10.2. The molecule has 2 heteroatoms. The molecule has 0 amide bonds. The van der Waals surface area contributed by atoms with Gasteiger partial charge in [0.15, 0.2) is 5.43 Å². The quantitative estimate of drug-likeness (QED) is 0.535. The molecule has 54 valence electrons. The summed E-state index contributed by atoms with van der Waals surface area (Å²) in [5.41, 5.74) is 2.24. The molecule has 0 aliphatic carbocycles. The van der Waals surface area contributed by atoms with E-state index in [1.54, 1.807) is 18.3 Å². The third kappa shape index (κ3) is 1.07. The van der Waals surface area contributed by atoms with Crippen LogP contribution in [0.5, 0.6) is 0 Å². The van der Waals surface area contributed by atoms with E-state index in [0.29, 0.717) is 6.54 Å². The van der Waals surface area contributed by atoms with Crippen LogP contribution in [-0.2, 0) is 6.54 Å². The Morgan fingerprint density at radius 2 is 2.00 bits per heavy atom. The van der Waals surface area contributed by atoms with Crippen LogP contribution in [0.4, 0.5) is 0 Å². The molecular weight excluding hydrogens is 138 g/mol. The van der Waals surface area contributed by atoms with E-state index in [1.807, 2.05) is 12.1 Å². The molecule has 0 N–H and O–H groups in total. The van der Waals surface area contributed by atoms with Crippen molar-refractivity contribution in [1.82, 2.24) is 0 Å². The Morgan fingerprint density at radius 3 is 2.91 bits per heavy atom. The topological polar surface area (TPSA) is 29.4 Å². The maximum absolute atomic E-state index is 10.9. The van der Waals surface area contributed by atoms with Gasteiger partial charge in [0.25, 0.3) is 0 Å². The van der Waals surface area contributed by atoms with Gasteiger partial charge in [0.05, 0.1) is 6.54 Å². The van der Waals surface area contributed by atoms with E-state index in [-0.39, 0.29) is 5.43 Å². The van der Waals surface area contributed by atoms with Crippen LogP contribution in [0.3, 0.4) is 0 Å². The average Bonchev–Trinajstić information content (AvgIpc) is 2.38. The Balaban J connectivity index is 2.72. The largest absolute Gasteiger partial charge is 0.290 e. The molecule has 0 aromatic heterocycles. The molecule has 0 saturated carbocycles. The van der Waals surface area contributed by atoms with Crippen LogP contribution in [0.2, 0.25) is 0 Å². The van der Waals surface area contributed by atoms with Gasteiger partial charge in [0.2, 0.25) is 0 Å². The van der Waals surface area contributed by atoms with Crippen LogP contribution < -0.4 is 5.43 Å². The predicted octanol–water partition coefficient (Wildman–Crippen LogP) is 0.979. The fourth-order valence-corrected chi connectivity index (χ4v) is 1.13. The van der Waals surface area contributed by atoms with Crippen LogP contribution in [0.1, 0.15) is 11.1 Å². The minimum Gasteiger partial charge on any atom is -0.290 e. The first-order chi connectivity index (χ1) is 5.36. The zero-order valence-electron chi connectivity index (χ0n) is 5.95. The van der Waals surface area contributed by atoms with Gasteiger partial charge in [0, 0.05) is 6.21 Å². The molecule has 1 aromatic rings. The normalized spacial score (nSPS) is 13.1. The van der Waals surface area contributed by atoms with Gasteiger partial charge in [-0.2, -0.15) is 0 Å². The summed E-state index contributed by atoms with van der Waals surface area (Å²) in [5, 5.41) is 0. The second-order valence-electron chi connectivity index (χ2n) is 2.52. The van der Waals surface area contributed by atoms with Crippen molar-refractivity contribution < 1.29 is 0 Å². The van der Waals surface area contributed by atoms with Crippen molar-refractivity contribution in [1.29, 1.82) is 0 Å². The molecule has 1 aliphatic rings. The van der Waals surface area contributed by atoms with Gasteiger partial charge in [-0.3, -0.25) is 9.79 Å². The highest BCUT2D eigenvalue weighted by Gasteiger charge is 2.01. The van der Waals surface area contributed by atoms with Gasteiger partial charge < -0.3 is 0 Å². The summed E-state index contributed by atoms with van der Waals surface area (Å²) in [6, 6.07) is 6.79. The van der Waals surface area contributed by atoms with E-state index in [2.05, 4.69) is 4.99 Å². The summed E-state index contributed by atoms with van der Waals surface area (Å²) in [6.45, 7) is 0.712. The molecule has 0 fully saturated rings. The minimum absolute atomic E-state index is 0.0489. The Hall–Kier alpha value is -1.44. The highest BCUT2D eigenvalue weighted by atomic mass is 16.1. The Morgan fingerprint density at radius 1 is 1.18 bits per heavy atom. The zero-order valence-corrected chi connectivity index (χ0v) is 5.95. The average molecular weight is 145 g/mol. The Labute approximate surface area is 64.2 Å². The molecule has 0 bridgehead atoms. The monoisotopic (exact) mass is 145 g/mol. The SMILES string of the molecule is O=c1ccc2c(cc1)CN=C2. The Kier molecular flexibility index (Phi) is 1.32. The third-order valence-corrected chi connectivity index (χ3v) is 1.74. The van der Waals surface area contributed by atoms with Gasteiger partial charge in [-0.25, -0.2) is 0 Å². The van der Waals surface area contributed by atoms with E-state index < -0.39 is 0 Å².